The van der Waals surface area contributed by atoms with Gasteiger partial charge in [-0.3, -0.25) is 4.79 Å². The van der Waals surface area contributed by atoms with E-state index in [1.807, 2.05) is 0 Å². The molecule has 4 aliphatic carbocycles. The molecule has 150 valence electrons. The van der Waals surface area contributed by atoms with E-state index >= 15 is 0 Å². The van der Waals surface area contributed by atoms with Gasteiger partial charge in [-0.05, 0) is 78.9 Å². The lowest BCUT2D eigenvalue weighted by atomic mass is 9.53. The van der Waals surface area contributed by atoms with Crippen LogP contribution in [-0.2, 0) is 4.79 Å². The molecule has 27 heavy (non-hydrogen) atoms. The molecule has 0 radical (unpaired) electrons. The lowest BCUT2D eigenvalue weighted by molar-refractivity contribution is -0.129. The molecule has 0 bridgehead atoms. The Morgan fingerprint density at radius 3 is 2.48 bits per heavy atom. The second-order valence-corrected chi connectivity index (χ2v) is 14.5. The van der Waals surface area contributed by atoms with Gasteiger partial charge in [-0.25, -0.2) is 0 Å². The van der Waals surface area contributed by atoms with Gasteiger partial charge in [0.05, 0.1) is 14.4 Å². The van der Waals surface area contributed by atoms with Crippen molar-refractivity contribution in [2.45, 2.75) is 91.3 Å². The van der Waals surface area contributed by atoms with Gasteiger partial charge >= 0.3 is 0 Å². The van der Waals surface area contributed by atoms with Crippen LogP contribution in [0.5, 0.6) is 0 Å². The number of carbonyl (C=O) groups is 1. The van der Waals surface area contributed by atoms with E-state index in [1.165, 1.54) is 18.4 Å². The van der Waals surface area contributed by atoms with Crippen LogP contribution in [0.2, 0.25) is 13.1 Å². The molecule has 0 aromatic rings. The molecule has 0 amide bonds. The molecule has 3 fully saturated rings. The Kier molecular flexibility index (Phi) is 4.48. The third kappa shape index (κ3) is 2.79. The SMILES string of the molecule is C[SiH](C)C1=C2C(=CC(O)(C(C)(C)C)C1)CC[C@@H]1[C@@H]2CC[C@]2(C)C(=O)CC[C@@H]12. The first-order chi connectivity index (χ1) is 12.5. The first-order valence-electron chi connectivity index (χ1n) is 11.2. The Labute approximate surface area is 167 Å². The predicted molar refractivity (Wildman–Crippen MR) is 114 cm³/mol. The minimum atomic E-state index is -1.01. The molecule has 0 saturated heterocycles. The third-order valence-electron chi connectivity index (χ3n) is 8.82. The Morgan fingerprint density at radius 1 is 1.15 bits per heavy atom. The van der Waals surface area contributed by atoms with Crippen LogP contribution in [0.15, 0.2) is 22.4 Å². The van der Waals surface area contributed by atoms with Gasteiger partial charge in [0.1, 0.15) is 5.78 Å². The third-order valence-corrected chi connectivity index (χ3v) is 10.7. The molecule has 3 saturated carbocycles. The molecule has 1 N–H and O–H groups in total. The average molecular weight is 387 g/mol. The molecule has 0 heterocycles. The topological polar surface area (TPSA) is 37.3 Å². The molecular formula is C24H38O2Si. The van der Waals surface area contributed by atoms with Crippen LogP contribution >= 0.6 is 0 Å². The van der Waals surface area contributed by atoms with Crippen LogP contribution in [0.25, 0.3) is 0 Å². The van der Waals surface area contributed by atoms with Crippen LogP contribution in [0.4, 0.5) is 0 Å². The molecule has 2 nitrogen and oxygen atoms in total. The van der Waals surface area contributed by atoms with E-state index in [-0.39, 0.29) is 10.8 Å². The van der Waals surface area contributed by atoms with Gasteiger partial charge in [-0.2, -0.15) is 0 Å². The van der Waals surface area contributed by atoms with Crippen molar-refractivity contribution < 1.29 is 9.90 Å². The van der Waals surface area contributed by atoms with Crippen molar-refractivity contribution in [2.75, 3.05) is 0 Å². The van der Waals surface area contributed by atoms with Crippen LogP contribution in [0.3, 0.4) is 0 Å². The van der Waals surface area contributed by atoms with Crippen molar-refractivity contribution in [3.05, 3.63) is 22.4 Å². The van der Waals surface area contributed by atoms with Crippen molar-refractivity contribution in [3.63, 3.8) is 0 Å². The van der Waals surface area contributed by atoms with Gasteiger partial charge in [0, 0.05) is 11.8 Å². The normalized spacial score (nSPS) is 42.0. The predicted octanol–water partition coefficient (Wildman–Crippen LogP) is 5.22. The number of allylic oxidation sites excluding steroid dienone is 2. The van der Waals surface area contributed by atoms with Gasteiger partial charge in [-0.15, -0.1) is 0 Å². The number of rotatable bonds is 1. The minimum absolute atomic E-state index is 0.0425. The molecule has 4 aliphatic rings. The highest BCUT2D eigenvalue weighted by Gasteiger charge is 2.56. The zero-order valence-corrected chi connectivity index (χ0v) is 19.3. The maximum atomic E-state index is 12.6. The van der Waals surface area contributed by atoms with E-state index in [1.54, 1.807) is 10.8 Å². The number of fused-ring (bicyclic) bond motifs is 5. The van der Waals surface area contributed by atoms with E-state index in [2.05, 4.69) is 46.9 Å². The van der Waals surface area contributed by atoms with Gasteiger partial charge < -0.3 is 5.11 Å². The molecule has 0 aromatic carbocycles. The number of carbonyl (C=O) groups excluding carboxylic acids is 1. The fraction of sp³-hybridized carbons (Fsp3) is 0.792. The molecule has 0 spiro atoms. The summed E-state index contributed by atoms with van der Waals surface area (Å²) in [6.07, 6.45) is 9.57. The lowest BCUT2D eigenvalue weighted by Crippen LogP contribution is -2.48. The van der Waals surface area contributed by atoms with Gasteiger partial charge in [-0.1, -0.05) is 46.0 Å². The minimum Gasteiger partial charge on any atom is -0.385 e. The van der Waals surface area contributed by atoms with Crippen molar-refractivity contribution in [2.24, 2.45) is 28.6 Å². The maximum Gasteiger partial charge on any atom is 0.139 e. The van der Waals surface area contributed by atoms with Crippen molar-refractivity contribution in [1.29, 1.82) is 0 Å². The number of Topliss-reactive ketones (excluding diaryl/α,β-unsaturated/α-hetero) is 1. The maximum absolute atomic E-state index is 12.6. The molecule has 1 unspecified atom stereocenters. The van der Waals surface area contributed by atoms with Gasteiger partial charge in [0.25, 0.3) is 0 Å². The summed E-state index contributed by atoms with van der Waals surface area (Å²) in [4.78, 5) is 12.6. The molecule has 0 aliphatic heterocycles. The lowest BCUT2D eigenvalue weighted by Gasteiger charge is -2.52. The fourth-order valence-electron chi connectivity index (χ4n) is 6.83. The number of ketones is 1. The standard InChI is InChI=1S/C24H38O2Si/c1-22(2,3)24(26)13-15-7-8-16-17(21(15)19(14-24)27(5)6)11-12-23(4)18(16)9-10-20(23)25/h13,16-18,26-27H,7-12,14H2,1-6H3/t16-,17+,18+,23+,24?/m1/s1. The first-order valence-corrected chi connectivity index (χ1v) is 14.1. The van der Waals surface area contributed by atoms with Crippen LogP contribution < -0.4 is 0 Å². The van der Waals surface area contributed by atoms with Crippen molar-refractivity contribution in [1.82, 2.24) is 0 Å². The summed E-state index contributed by atoms with van der Waals surface area (Å²) >= 11 is 0. The highest BCUT2D eigenvalue weighted by atomic mass is 28.3. The second kappa shape index (κ2) is 6.16. The number of aliphatic hydroxyl groups is 1. The number of hydrogen-bond donors (Lipinski definition) is 1. The Morgan fingerprint density at radius 2 is 1.85 bits per heavy atom. The van der Waals surface area contributed by atoms with Crippen LogP contribution in [0.1, 0.15) is 72.6 Å². The summed E-state index contributed by atoms with van der Waals surface area (Å²) in [5, 5.41) is 13.2. The smallest absolute Gasteiger partial charge is 0.139 e. The summed E-state index contributed by atoms with van der Waals surface area (Å²) < 4.78 is 0. The quantitative estimate of drug-likeness (QED) is 0.627. The molecule has 3 heteroatoms. The monoisotopic (exact) mass is 386 g/mol. The fourth-order valence-corrected chi connectivity index (χ4v) is 8.57. The van der Waals surface area contributed by atoms with Gasteiger partial charge in [0.2, 0.25) is 0 Å². The Hall–Kier alpha value is -0.673. The number of hydrogen-bond acceptors (Lipinski definition) is 2. The summed E-state index contributed by atoms with van der Waals surface area (Å²) in [5.74, 6) is 2.45. The first kappa shape index (κ1) is 19.6. The van der Waals surface area contributed by atoms with E-state index in [9.17, 15) is 9.90 Å². The summed E-state index contributed by atoms with van der Waals surface area (Å²) in [5.41, 5.74) is 2.23. The van der Waals surface area contributed by atoms with E-state index in [0.717, 1.165) is 32.1 Å². The highest BCUT2D eigenvalue weighted by Crippen LogP contribution is 2.61. The van der Waals surface area contributed by atoms with Gasteiger partial charge in [0.15, 0.2) is 0 Å². The van der Waals surface area contributed by atoms with Crippen LogP contribution in [0, 0.1) is 28.6 Å². The summed E-state index contributed by atoms with van der Waals surface area (Å²) in [6.45, 7) is 13.7. The average Bonchev–Trinajstić information content (AvgIpc) is 2.88. The van der Waals surface area contributed by atoms with Crippen LogP contribution in [-0.4, -0.2) is 25.3 Å². The van der Waals surface area contributed by atoms with Crippen molar-refractivity contribution in [3.8, 4) is 0 Å². The molecule has 5 atom stereocenters. The molecular weight excluding hydrogens is 348 g/mol. The summed E-state index contributed by atoms with van der Waals surface area (Å²) in [6, 6.07) is 0. The zero-order valence-electron chi connectivity index (χ0n) is 18.2. The molecule has 0 aromatic heterocycles. The van der Waals surface area contributed by atoms with E-state index in [0.29, 0.717) is 23.5 Å². The molecule has 4 rings (SSSR count). The van der Waals surface area contributed by atoms with Crippen molar-refractivity contribution >= 4 is 14.6 Å². The van der Waals surface area contributed by atoms with E-state index in [4.69, 9.17) is 0 Å². The van der Waals surface area contributed by atoms with E-state index < -0.39 is 14.4 Å². The Bertz CT molecular complexity index is 725. The second-order valence-electron chi connectivity index (χ2n) is 11.4. The largest absolute Gasteiger partial charge is 0.385 e. The Balaban J connectivity index is 1.76. The zero-order chi connectivity index (χ0) is 19.8. The summed E-state index contributed by atoms with van der Waals surface area (Å²) in [7, 11) is -1.01. The highest BCUT2D eigenvalue weighted by molar-refractivity contribution is 6.64.